The van der Waals surface area contributed by atoms with E-state index >= 15 is 0 Å². The average Bonchev–Trinajstić information content (AvgIpc) is 3.75. The minimum Gasteiger partial charge on any atom is -0.374 e. The van der Waals surface area contributed by atoms with Gasteiger partial charge in [0.25, 0.3) is 0 Å². The fourth-order valence-electron chi connectivity index (χ4n) is 6.39. The predicted molar refractivity (Wildman–Crippen MR) is 156 cm³/mol. The zero-order valence-electron chi connectivity index (χ0n) is 23.5. The molecule has 7 rings (SSSR count). The van der Waals surface area contributed by atoms with E-state index in [4.69, 9.17) is 19.7 Å². The second-order valence-electron chi connectivity index (χ2n) is 12.6. The monoisotopic (exact) mass is 525 g/mol. The Morgan fingerprint density at radius 2 is 1.72 bits per heavy atom. The molecule has 0 unspecified atom stereocenters. The molecule has 39 heavy (non-hydrogen) atoms. The van der Waals surface area contributed by atoms with Crippen LogP contribution in [0.25, 0.3) is 0 Å². The average molecular weight is 526 g/mol. The summed E-state index contributed by atoms with van der Waals surface area (Å²) in [5.74, 6) is 3.12. The Morgan fingerprint density at radius 3 is 2.46 bits per heavy atom. The van der Waals surface area contributed by atoms with Gasteiger partial charge in [-0.2, -0.15) is 4.98 Å². The van der Waals surface area contributed by atoms with Crippen molar-refractivity contribution in [2.45, 2.75) is 63.0 Å². The first-order valence-corrected chi connectivity index (χ1v) is 14.4. The maximum Gasteiger partial charge on any atom is 0.229 e. The lowest BCUT2D eigenvalue weighted by molar-refractivity contribution is -0.0893. The summed E-state index contributed by atoms with van der Waals surface area (Å²) in [5, 5.41) is 3.47. The van der Waals surface area contributed by atoms with E-state index in [2.05, 4.69) is 90.3 Å². The molecule has 1 aliphatic carbocycles. The lowest BCUT2D eigenvalue weighted by Crippen LogP contribution is -2.54. The first kappa shape index (κ1) is 24.8. The van der Waals surface area contributed by atoms with Gasteiger partial charge in [0.15, 0.2) is 0 Å². The molecule has 8 nitrogen and oxygen atoms in total. The van der Waals surface area contributed by atoms with Gasteiger partial charge in [0, 0.05) is 66.3 Å². The van der Waals surface area contributed by atoms with Gasteiger partial charge in [0.2, 0.25) is 5.95 Å². The fraction of sp³-hybridized carbons (Fsp3) is 0.516. The smallest absolute Gasteiger partial charge is 0.229 e. The van der Waals surface area contributed by atoms with Crippen molar-refractivity contribution in [3.63, 3.8) is 0 Å². The van der Waals surface area contributed by atoms with Crippen molar-refractivity contribution >= 4 is 29.0 Å². The van der Waals surface area contributed by atoms with Crippen LogP contribution in [0.1, 0.15) is 57.2 Å². The summed E-state index contributed by atoms with van der Waals surface area (Å²) in [6.45, 7) is 11.6. The number of pyridine rings is 1. The molecule has 3 fully saturated rings. The number of benzene rings is 1. The molecule has 3 aromatic rings. The van der Waals surface area contributed by atoms with Gasteiger partial charge in [0.05, 0.1) is 18.2 Å². The van der Waals surface area contributed by atoms with Crippen LogP contribution in [0.2, 0.25) is 0 Å². The molecule has 2 atom stereocenters. The predicted octanol–water partition coefficient (Wildman–Crippen LogP) is 5.22. The van der Waals surface area contributed by atoms with Gasteiger partial charge in [-0.25, -0.2) is 9.97 Å². The Kier molecular flexibility index (Phi) is 5.83. The molecule has 5 heterocycles. The third kappa shape index (κ3) is 4.53. The maximum absolute atomic E-state index is 6.36. The summed E-state index contributed by atoms with van der Waals surface area (Å²) < 4.78 is 6.36. The highest BCUT2D eigenvalue weighted by Crippen LogP contribution is 2.53. The van der Waals surface area contributed by atoms with Crippen LogP contribution in [-0.4, -0.2) is 71.3 Å². The topological polar surface area (TPSA) is 69.7 Å². The number of anilines is 5. The SMILES string of the molecule is CN1CCN(c2ccc(Nc3ncc4c(n3)N(c3cccc(C5CC5)n3)[C@@H]3CC(C)(C)OC[C@]43C)cc2)CC1. The normalized spacial score (nSPS) is 26.3. The Balaban J connectivity index is 1.20. The first-order valence-electron chi connectivity index (χ1n) is 14.4. The Morgan fingerprint density at radius 1 is 0.949 bits per heavy atom. The molecule has 204 valence electrons. The van der Waals surface area contributed by atoms with Crippen molar-refractivity contribution in [3.8, 4) is 0 Å². The summed E-state index contributed by atoms with van der Waals surface area (Å²) in [6, 6.07) is 15.3. The molecule has 1 saturated carbocycles. The van der Waals surface area contributed by atoms with Crippen LogP contribution in [0, 0.1) is 0 Å². The van der Waals surface area contributed by atoms with Gasteiger partial charge in [-0.3, -0.25) is 0 Å². The minimum atomic E-state index is -0.210. The molecule has 4 aliphatic rings. The molecule has 0 spiro atoms. The molecular weight excluding hydrogens is 486 g/mol. The van der Waals surface area contributed by atoms with E-state index in [9.17, 15) is 0 Å². The van der Waals surface area contributed by atoms with Gasteiger partial charge >= 0.3 is 0 Å². The highest BCUT2D eigenvalue weighted by Gasteiger charge is 2.55. The number of piperazine rings is 1. The van der Waals surface area contributed by atoms with Crippen molar-refractivity contribution in [3.05, 3.63) is 59.9 Å². The number of hydrogen-bond donors (Lipinski definition) is 1. The lowest BCUT2D eigenvalue weighted by atomic mass is 9.73. The fourth-order valence-corrected chi connectivity index (χ4v) is 6.39. The van der Waals surface area contributed by atoms with Crippen LogP contribution in [0.3, 0.4) is 0 Å². The second-order valence-corrected chi connectivity index (χ2v) is 12.6. The first-order chi connectivity index (χ1) is 18.8. The van der Waals surface area contributed by atoms with Crippen molar-refractivity contribution in [1.29, 1.82) is 0 Å². The zero-order valence-corrected chi connectivity index (χ0v) is 23.5. The molecule has 3 aliphatic heterocycles. The number of hydrogen-bond acceptors (Lipinski definition) is 8. The van der Waals surface area contributed by atoms with Crippen LogP contribution in [0.15, 0.2) is 48.7 Å². The molecule has 2 aromatic heterocycles. The maximum atomic E-state index is 6.36. The number of aromatic nitrogens is 3. The van der Waals surface area contributed by atoms with Crippen LogP contribution in [0.4, 0.5) is 29.0 Å². The molecule has 1 aromatic carbocycles. The van der Waals surface area contributed by atoms with E-state index in [1.807, 2.05) is 6.20 Å². The Bertz CT molecular complexity index is 1360. The van der Waals surface area contributed by atoms with Crippen molar-refractivity contribution in [2.75, 3.05) is 55.0 Å². The Labute approximate surface area is 231 Å². The zero-order chi connectivity index (χ0) is 26.8. The highest BCUT2D eigenvalue weighted by atomic mass is 16.5. The van der Waals surface area contributed by atoms with Gasteiger partial charge in [-0.1, -0.05) is 13.0 Å². The summed E-state index contributed by atoms with van der Waals surface area (Å²) in [5.41, 5.74) is 4.17. The number of nitrogens with zero attached hydrogens (tertiary/aromatic N) is 6. The van der Waals surface area contributed by atoms with E-state index in [-0.39, 0.29) is 17.1 Å². The van der Waals surface area contributed by atoms with Crippen molar-refractivity contribution < 1.29 is 4.74 Å². The van der Waals surface area contributed by atoms with Crippen LogP contribution >= 0.6 is 0 Å². The van der Waals surface area contributed by atoms with Crippen LogP contribution in [-0.2, 0) is 10.2 Å². The lowest BCUT2D eigenvalue weighted by Gasteiger charge is -2.46. The van der Waals surface area contributed by atoms with Crippen LogP contribution < -0.4 is 15.1 Å². The van der Waals surface area contributed by atoms with Gasteiger partial charge < -0.3 is 24.8 Å². The summed E-state index contributed by atoms with van der Waals surface area (Å²) in [7, 11) is 2.19. The molecule has 1 N–H and O–H groups in total. The Hall–Kier alpha value is -3.23. The van der Waals surface area contributed by atoms with Crippen molar-refractivity contribution in [1.82, 2.24) is 19.9 Å². The molecule has 8 heteroatoms. The highest BCUT2D eigenvalue weighted by molar-refractivity contribution is 5.71. The minimum absolute atomic E-state index is 0.200. The standard InChI is InChI=1S/C31H39N7O/c1-30(2)18-26-31(3,20-39-30)24-19-32-29(33-22-10-12-23(13-11-22)37-16-14-36(4)15-17-37)35-28(24)38(26)27-7-5-6-25(34-27)21-8-9-21/h5-7,10-13,19,21,26H,8-9,14-18,20H2,1-4H3,(H,32,33,35)/t26-,31-/m1/s1. The van der Waals surface area contributed by atoms with Gasteiger partial charge in [-0.15, -0.1) is 0 Å². The van der Waals surface area contributed by atoms with E-state index < -0.39 is 0 Å². The third-order valence-corrected chi connectivity index (χ3v) is 9.10. The number of likely N-dealkylation sites (N-methyl/N-ethyl adjacent to an activating group) is 1. The summed E-state index contributed by atoms with van der Waals surface area (Å²) >= 11 is 0. The molecule has 0 amide bonds. The number of ether oxygens (including phenoxy) is 1. The third-order valence-electron chi connectivity index (χ3n) is 9.10. The van der Waals surface area contributed by atoms with Crippen LogP contribution in [0.5, 0.6) is 0 Å². The second kappa shape index (κ2) is 9.17. The molecule has 0 bridgehead atoms. The summed E-state index contributed by atoms with van der Waals surface area (Å²) in [4.78, 5) is 22.3. The number of rotatable bonds is 5. The van der Waals surface area contributed by atoms with E-state index in [0.717, 1.165) is 55.5 Å². The van der Waals surface area contributed by atoms with E-state index in [1.54, 1.807) is 0 Å². The molecular formula is C31H39N7O. The number of nitrogens with one attached hydrogen (secondary N) is 1. The van der Waals surface area contributed by atoms with Crippen molar-refractivity contribution in [2.24, 2.45) is 0 Å². The van der Waals surface area contributed by atoms with E-state index in [0.29, 0.717) is 18.5 Å². The van der Waals surface area contributed by atoms with Gasteiger partial charge in [-0.05, 0) is 76.6 Å². The summed E-state index contributed by atoms with van der Waals surface area (Å²) in [6.07, 6.45) is 5.37. The number of fused-ring (bicyclic) bond motifs is 3. The molecule has 0 radical (unpaired) electrons. The van der Waals surface area contributed by atoms with Gasteiger partial charge in [0.1, 0.15) is 11.6 Å². The quantitative estimate of drug-likeness (QED) is 0.486. The van der Waals surface area contributed by atoms with E-state index in [1.165, 1.54) is 24.2 Å². The molecule has 2 saturated heterocycles. The largest absolute Gasteiger partial charge is 0.374 e.